The van der Waals surface area contributed by atoms with Crippen LogP contribution in [-0.4, -0.2) is 60.5 Å². The lowest BCUT2D eigenvalue weighted by molar-refractivity contribution is -0.159. The summed E-state index contributed by atoms with van der Waals surface area (Å²) in [5.41, 5.74) is 3.64. The van der Waals surface area contributed by atoms with Gasteiger partial charge < -0.3 is 20.1 Å². The maximum atomic E-state index is 12.0. The van der Waals surface area contributed by atoms with Crippen LogP contribution in [0.1, 0.15) is 24.0 Å². The van der Waals surface area contributed by atoms with Crippen molar-refractivity contribution in [3.63, 3.8) is 0 Å². The van der Waals surface area contributed by atoms with Crippen molar-refractivity contribution >= 4 is 29.3 Å². The Balaban J connectivity index is 1.61. The second-order valence-electron chi connectivity index (χ2n) is 7.98. The van der Waals surface area contributed by atoms with E-state index in [4.69, 9.17) is 9.84 Å². The number of hydrogen-bond donors (Lipinski definition) is 4. The van der Waals surface area contributed by atoms with Gasteiger partial charge in [-0.05, 0) is 54.8 Å². The molecule has 188 valence electrons. The Morgan fingerprint density at radius 3 is 2.23 bits per heavy atom. The Morgan fingerprint density at radius 1 is 0.943 bits per heavy atom. The first-order valence-electron chi connectivity index (χ1n) is 11.2. The third-order valence-corrected chi connectivity index (χ3v) is 4.95. The molecule has 0 aliphatic carbocycles. The van der Waals surface area contributed by atoms with Gasteiger partial charge in [-0.3, -0.25) is 15.3 Å². The summed E-state index contributed by atoms with van der Waals surface area (Å²) < 4.78 is 5.28. The van der Waals surface area contributed by atoms with Crippen LogP contribution < -0.4 is 15.5 Å². The predicted octanol–water partition coefficient (Wildman–Crippen LogP) is 3.23. The summed E-state index contributed by atoms with van der Waals surface area (Å²) in [6.45, 7) is 1.61. The highest BCUT2D eigenvalue weighted by Gasteiger charge is 2.07. The van der Waals surface area contributed by atoms with E-state index in [2.05, 4.69) is 10.6 Å². The fraction of sp³-hybridized carbons (Fsp3) is 0.320. The molecule has 2 aromatic carbocycles. The average Bonchev–Trinajstić information content (AvgIpc) is 2.84. The van der Waals surface area contributed by atoms with Gasteiger partial charge in [0.1, 0.15) is 6.61 Å². The van der Waals surface area contributed by atoms with Crippen molar-refractivity contribution in [2.24, 2.45) is 0 Å². The van der Waals surface area contributed by atoms with E-state index in [-0.39, 0.29) is 13.2 Å². The van der Waals surface area contributed by atoms with Crippen LogP contribution in [0.25, 0.3) is 0 Å². The first-order valence-corrected chi connectivity index (χ1v) is 11.2. The third-order valence-electron chi connectivity index (χ3n) is 4.95. The highest BCUT2D eigenvalue weighted by Crippen LogP contribution is 2.16. The predicted molar refractivity (Wildman–Crippen MR) is 132 cm³/mol. The fourth-order valence-electron chi connectivity index (χ4n) is 2.98. The first kappa shape index (κ1) is 27.4. The molecule has 0 bridgehead atoms. The van der Waals surface area contributed by atoms with Gasteiger partial charge in [0.05, 0.1) is 0 Å². The summed E-state index contributed by atoms with van der Waals surface area (Å²) in [6, 6.07) is 15.2. The summed E-state index contributed by atoms with van der Waals surface area (Å²) in [6.07, 6.45) is 2.27. The largest absolute Gasteiger partial charge is 0.478 e. The summed E-state index contributed by atoms with van der Waals surface area (Å²) in [4.78, 5) is 35.8. The Labute approximate surface area is 204 Å². The van der Waals surface area contributed by atoms with Gasteiger partial charge in [0.2, 0.25) is 0 Å². The molecule has 0 aliphatic rings. The number of carbonyl (C=O) groups excluding carboxylic acids is 2. The molecule has 35 heavy (non-hydrogen) atoms. The number of hydroxylamine groups is 2. The van der Waals surface area contributed by atoms with Crippen LogP contribution in [0.4, 0.5) is 16.2 Å². The van der Waals surface area contributed by atoms with Crippen LogP contribution >= 0.6 is 0 Å². The molecule has 2 rings (SSSR count). The minimum atomic E-state index is -1.25. The number of carbonyl (C=O) groups is 3. The normalized spacial score (nSPS) is 10.7. The van der Waals surface area contributed by atoms with E-state index in [1.165, 1.54) is 0 Å². The number of unbranched alkanes of at least 4 members (excludes halogenated alkanes) is 1. The summed E-state index contributed by atoms with van der Waals surface area (Å²) in [5, 5.41) is 24.5. The van der Waals surface area contributed by atoms with Crippen LogP contribution in [0.5, 0.6) is 0 Å². The Kier molecular flexibility index (Phi) is 11.2. The molecule has 2 aromatic rings. The minimum absolute atomic E-state index is 0.119. The number of benzene rings is 2. The van der Waals surface area contributed by atoms with Crippen molar-refractivity contribution < 1.29 is 29.4 Å². The SMILES string of the molecule is CN(C)c1ccc(NC(=O)OCc2ccc(CNCCCCN(O)C(=O)/C=C/C(=O)O)cc2)cc1. The molecule has 2 amide bonds. The number of amides is 2. The molecule has 10 nitrogen and oxygen atoms in total. The monoisotopic (exact) mass is 484 g/mol. The molecule has 0 atom stereocenters. The van der Waals surface area contributed by atoms with E-state index < -0.39 is 18.0 Å². The lowest BCUT2D eigenvalue weighted by Gasteiger charge is -2.13. The molecule has 0 radical (unpaired) electrons. The highest BCUT2D eigenvalue weighted by atomic mass is 16.5. The quantitative estimate of drug-likeness (QED) is 0.148. The van der Waals surface area contributed by atoms with Gasteiger partial charge in [0, 0.05) is 50.7 Å². The number of ether oxygens (including phenoxy) is 1. The first-order chi connectivity index (χ1) is 16.7. The van der Waals surface area contributed by atoms with Crippen LogP contribution in [0.15, 0.2) is 60.7 Å². The Hall–Kier alpha value is -3.89. The van der Waals surface area contributed by atoms with Crippen molar-refractivity contribution in [1.82, 2.24) is 10.4 Å². The molecule has 0 saturated carbocycles. The van der Waals surface area contributed by atoms with E-state index >= 15 is 0 Å². The topological polar surface area (TPSA) is 131 Å². The smallest absolute Gasteiger partial charge is 0.411 e. The number of aliphatic carboxylic acids is 1. The molecule has 0 saturated heterocycles. The molecule has 0 unspecified atom stereocenters. The van der Waals surface area contributed by atoms with E-state index in [0.29, 0.717) is 36.3 Å². The molecule has 0 aromatic heterocycles. The minimum Gasteiger partial charge on any atom is -0.478 e. The maximum absolute atomic E-state index is 12.0. The zero-order chi connectivity index (χ0) is 25.6. The van der Waals surface area contributed by atoms with Crippen LogP contribution in [-0.2, 0) is 27.5 Å². The zero-order valence-electron chi connectivity index (χ0n) is 19.9. The van der Waals surface area contributed by atoms with Crippen molar-refractivity contribution in [3.8, 4) is 0 Å². The Bertz CT molecular complexity index is 990. The maximum Gasteiger partial charge on any atom is 0.411 e. The highest BCUT2D eigenvalue weighted by molar-refractivity contribution is 5.93. The third kappa shape index (κ3) is 10.7. The molecule has 10 heteroatoms. The van der Waals surface area contributed by atoms with E-state index in [1.54, 1.807) is 0 Å². The van der Waals surface area contributed by atoms with Gasteiger partial charge in [-0.1, -0.05) is 24.3 Å². The zero-order valence-corrected chi connectivity index (χ0v) is 19.9. The van der Waals surface area contributed by atoms with Crippen LogP contribution in [0.2, 0.25) is 0 Å². The molecule has 4 N–H and O–H groups in total. The van der Waals surface area contributed by atoms with Gasteiger partial charge in [0.25, 0.3) is 5.91 Å². The van der Waals surface area contributed by atoms with Crippen molar-refractivity contribution in [3.05, 3.63) is 71.8 Å². The van der Waals surface area contributed by atoms with Crippen LogP contribution in [0.3, 0.4) is 0 Å². The summed E-state index contributed by atoms with van der Waals surface area (Å²) >= 11 is 0. The number of nitrogens with one attached hydrogen (secondary N) is 2. The average molecular weight is 485 g/mol. The van der Waals surface area contributed by atoms with Crippen molar-refractivity contribution in [1.29, 1.82) is 0 Å². The van der Waals surface area contributed by atoms with Gasteiger partial charge in [-0.2, -0.15) is 0 Å². The number of hydrogen-bond acceptors (Lipinski definition) is 7. The second kappa shape index (κ2) is 14.4. The number of rotatable bonds is 13. The number of nitrogens with zero attached hydrogens (tertiary/aromatic N) is 2. The standard InChI is InChI=1S/C25H32N4O6/c1-28(2)22-11-9-21(10-12-22)27-25(33)35-18-20-7-5-19(6-8-20)17-26-15-3-4-16-29(34)23(30)13-14-24(31)32/h5-14,26,34H,3-4,15-18H2,1-2H3,(H,27,33)(H,31,32)/b14-13+. The van der Waals surface area contributed by atoms with Crippen molar-refractivity contribution in [2.45, 2.75) is 26.0 Å². The molecular weight excluding hydrogens is 452 g/mol. The van der Waals surface area contributed by atoms with Gasteiger partial charge in [-0.25, -0.2) is 14.7 Å². The van der Waals surface area contributed by atoms with E-state index in [9.17, 15) is 19.6 Å². The summed E-state index contributed by atoms with van der Waals surface area (Å²) in [5.74, 6) is -2.01. The molecule has 0 fully saturated rings. The molecule has 0 heterocycles. The van der Waals surface area contributed by atoms with Crippen LogP contribution in [0, 0.1) is 0 Å². The molecule has 0 spiro atoms. The van der Waals surface area contributed by atoms with Crippen molar-refractivity contribution in [2.75, 3.05) is 37.4 Å². The van der Waals surface area contributed by atoms with E-state index in [0.717, 1.165) is 29.3 Å². The van der Waals surface area contributed by atoms with E-state index in [1.807, 2.05) is 67.5 Å². The number of anilines is 2. The van der Waals surface area contributed by atoms with Gasteiger partial charge >= 0.3 is 12.1 Å². The second-order valence-corrected chi connectivity index (χ2v) is 7.98. The van der Waals surface area contributed by atoms with Gasteiger partial charge in [-0.15, -0.1) is 0 Å². The summed E-state index contributed by atoms with van der Waals surface area (Å²) in [7, 11) is 3.89. The Morgan fingerprint density at radius 2 is 1.60 bits per heavy atom. The lowest BCUT2D eigenvalue weighted by Crippen LogP contribution is -2.27. The fourth-order valence-corrected chi connectivity index (χ4v) is 2.98. The number of carboxylic acids is 1. The molecule has 0 aliphatic heterocycles. The lowest BCUT2D eigenvalue weighted by atomic mass is 10.1. The number of carboxylic acid groups (broad SMARTS) is 1. The molecular formula is C25H32N4O6. The van der Waals surface area contributed by atoms with Gasteiger partial charge in [0.15, 0.2) is 0 Å².